The zero-order valence-electron chi connectivity index (χ0n) is 13.7. The highest BCUT2D eigenvalue weighted by Crippen LogP contribution is 2.19. The smallest absolute Gasteiger partial charge is 0.274 e. The molecule has 2 aromatic carbocycles. The SMILES string of the molecule is COc1ccc(CN(C)C(=O)c2n[nH]c(=O)c3ccccc23)cc1F. The van der Waals surface area contributed by atoms with Crippen LogP contribution in [0.15, 0.2) is 47.3 Å². The van der Waals surface area contributed by atoms with Crippen molar-refractivity contribution in [2.45, 2.75) is 6.54 Å². The lowest BCUT2D eigenvalue weighted by molar-refractivity contribution is 0.0780. The Morgan fingerprint density at radius 3 is 2.64 bits per heavy atom. The van der Waals surface area contributed by atoms with Crippen LogP contribution >= 0.6 is 0 Å². The maximum atomic E-state index is 13.8. The first-order chi connectivity index (χ1) is 12.0. The van der Waals surface area contributed by atoms with E-state index < -0.39 is 5.82 Å². The van der Waals surface area contributed by atoms with Crippen LogP contribution in [0.4, 0.5) is 4.39 Å². The summed E-state index contributed by atoms with van der Waals surface area (Å²) in [6.07, 6.45) is 0. The standard InChI is InChI=1S/C18H16FN3O3/c1-22(10-11-7-8-15(25-2)14(19)9-11)18(24)16-12-5-3-4-6-13(12)17(23)21-20-16/h3-9H,10H2,1-2H3,(H,21,23). The minimum Gasteiger partial charge on any atom is -0.494 e. The quantitative estimate of drug-likeness (QED) is 0.790. The topological polar surface area (TPSA) is 75.3 Å². The van der Waals surface area contributed by atoms with Gasteiger partial charge in [0.15, 0.2) is 17.3 Å². The minimum absolute atomic E-state index is 0.144. The van der Waals surface area contributed by atoms with Crippen molar-refractivity contribution in [1.82, 2.24) is 15.1 Å². The van der Waals surface area contributed by atoms with Crippen molar-refractivity contribution in [3.8, 4) is 5.75 Å². The molecule has 3 rings (SSSR count). The average Bonchev–Trinajstić information content (AvgIpc) is 2.62. The van der Waals surface area contributed by atoms with Crippen molar-refractivity contribution in [2.24, 2.45) is 0 Å². The molecule has 0 aliphatic carbocycles. The zero-order chi connectivity index (χ0) is 18.0. The Morgan fingerprint density at radius 1 is 1.24 bits per heavy atom. The van der Waals surface area contributed by atoms with Gasteiger partial charge in [-0.15, -0.1) is 0 Å². The number of aromatic amines is 1. The van der Waals surface area contributed by atoms with Gasteiger partial charge in [-0.05, 0) is 23.8 Å². The second-order valence-corrected chi connectivity index (χ2v) is 5.58. The number of aromatic nitrogens is 2. The molecule has 0 fully saturated rings. The van der Waals surface area contributed by atoms with Crippen molar-refractivity contribution in [1.29, 1.82) is 0 Å². The van der Waals surface area contributed by atoms with Gasteiger partial charge >= 0.3 is 0 Å². The van der Waals surface area contributed by atoms with Crippen LogP contribution in [0.2, 0.25) is 0 Å². The van der Waals surface area contributed by atoms with Gasteiger partial charge in [0.1, 0.15) is 0 Å². The van der Waals surface area contributed by atoms with Gasteiger partial charge in [0, 0.05) is 19.0 Å². The first kappa shape index (κ1) is 16.6. The highest BCUT2D eigenvalue weighted by molar-refractivity contribution is 6.04. The Kier molecular flexibility index (Phi) is 4.47. The number of hydrogen-bond acceptors (Lipinski definition) is 4. The molecule has 25 heavy (non-hydrogen) atoms. The highest BCUT2D eigenvalue weighted by atomic mass is 19.1. The molecular weight excluding hydrogens is 325 g/mol. The first-order valence-electron chi connectivity index (χ1n) is 7.56. The molecular formula is C18H16FN3O3. The second-order valence-electron chi connectivity index (χ2n) is 5.58. The van der Waals surface area contributed by atoms with Gasteiger partial charge in [0.2, 0.25) is 0 Å². The molecule has 1 heterocycles. The summed E-state index contributed by atoms with van der Waals surface area (Å²) >= 11 is 0. The number of amides is 1. The summed E-state index contributed by atoms with van der Waals surface area (Å²) in [4.78, 5) is 25.9. The molecule has 0 spiro atoms. The lowest BCUT2D eigenvalue weighted by atomic mass is 10.1. The number of nitrogens with zero attached hydrogens (tertiary/aromatic N) is 2. The second kappa shape index (κ2) is 6.72. The Labute approximate surface area is 142 Å². The Balaban J connectivity index is 1.90. The number of rotatable bonds is 4. The molecule has 0 bridgehead atoms. The van der Waals surface area contributed by atoms with Crippen molar-refractivity contribution >= 4 is 16.7 Å². The van der Waals surface area contributed by atoms with E-state index in [1.807, 2.05) is 0 Å². The average molecular weight is 341 g/mol. The summed E-state index contributed by atoms with van der Waals surface area (Å²) in [6.45, 7) is 0.189. The third-order valence-corrected chi connectivity index (χ3v) is 3.88. The van der Waals surface area contributed by atoms with Crippen LogP contribution < -0.4 is 10.3 Å². The maximum Gasteiger partial charge on any atom is 0.274 e. The van der Waals surface area contributed by atoms with E-state index in [4.69, 9.17) is 4.74 Å². The normalized spacial score (nSPS) is 10.7. The summed E-state index contributed by atoms with van der Waals surface area (Å²) in [6, 6.07) is 11.3. The number of carbonyl (C=O) groups excluding carboxylic acids is 1. The lowest BCUT2D eigenvalue weighted by Gasteiger charge is -2.17. The van der Waals surface area contributed by atoms with Crippen LogP contribution in [0.1, 0.15) is 16.1 Å². The van der Waals surface area contributed by atoms with Crippen LogP contribution in [0, 0.1) is 5.82 Å². The number of H-pyrrole nitrogens is 1. The van der Waals surface area contributed by atoms with Gasteiger partial charge in [0.25, 0.3) is 11.5 Å². The first-order valence-corrected chi connectivity index (χ1v) is 7.56. The highest BCUT2D eigenvalue weighted by Gasteiger charge is 2.18. The lowest BCUT2D eigenvalue weighted by Crippen LogP contribution is -2.28. The molecule has 3 aromatic rings. The van der Waals surface area contributed by atoms with Crippen LogP contribution in [-0.4, -0.2) is 35.2 Å². The van der Waals surface area contributed by atoms with Gasteiger partial charge in [-0.1, -0.05) is 24.3 Å². The Bertz CT molecular complexity index is 1000. The number of hydrogen-bond donors (Lipinski definition) is 1. The summed E-state index contributed by atoms with van der Waals surface area (Å²) in [7, 11) is 2.98. The molecule has 1 N–H and O–H groups in total. The number of ether oxygens (including phenoxy) is 1. The summed E-state index contributed by atoms with van der Waals surface area (Å²) < 4.78 is 18.7. The number of methoxy groups -OCH3 is 1. The summed E-state index contributed by atoms with van der Waals surface area (Å²) in [5.41, 5.74) is 0.404. The van der Waals surface area contributed by atoms with Gasteiger partial charge in [0.05, 0.1) is 12.5 Å². The van der Waals surface area contributed by atoms with Crippen molar-refractivity contribution in [3.05, 3.63) is 69.9 Å². The van der Waals surface area contributed by atoms with Gasteiger partial charge < -0.3 is 9.64 Å². The van der Waals surface area contributed by atoms with E-state index in [2.05, 4.69) is 10.2 Å². The largest absolute Gasteiger partial charge is 0.494 e. The molecule has 6 nitrogen and oxygen atoms in total. The molecule has 0 saturated heterocycles. The Hall–Kier alpha value is -3.22. The third kappa shape index (κ3) is 3.21. The van der Waals surface area contributed by atoms with E-state index in [1.54, 1.807) is 37.4 Å². The summed E-state index contributed by atoms with van der Waals surface area (Å²) in [5.74, 6) is -0.719. The van der Waals surface area contributed by atoms with Crippen LogP contribution in [-0.2, 0) is 6.54 Å². The van der Waals surface area contributed by atoms with Gasteiger partial charge in [-0.3, -0.25) is 9.59 Å². The molecule has 0 atom stereocenters. The molecule has 128 valence electrons. The molecule has 0 unspecified atom stereocenters. The predicted molar refractivity (Wildman–Crippen MR) is 91.1 cm³/mol. The fourth-order valence-corrected chi connectivity index (χ4v) is 2.61. The van der Waals surface area contributed by atoms with E-state index >= 15 is 0 Å². The number of halogens is 1. The molecule has 0 aliphatic heterocycles. The molecule has 0 aliphatic rings. The number of carbonyl (C=O) groups is 1. The van der Waals surface area contributed by atoms with Crippen molar-refractivity contribution in [3.63, 3.8) is 0 Å². The number of nitrogens with one attached hydrogen (secondary N) is 1. The van der Waals surface area contributed by atoms with Crippen molar-refractivity contribution in [2.75, 3.05) is 14.2 Å². The molecule has 1 aromatic heterocycles. The van der Waals surface area contributed by atoms with Crippen LogP contribution in [0.25, 0.3) is 10.8 Å². The third-order valence-electron chi connectivity index (χ3n) is 3.88. The number of fused-ring (bicyclic) bond motifs is 1. The van der Waals surface area contributed by atoms with E-state index in [9.17, 15) is 14.0 Å². The van der Waals surface area contributed by atoms with E-state index in [0.717, 1.165) is 0 Å². The predicted octanol–water partition coefficient (Wildman–Crippen LogP) is 2.34. The fraction of sp³-hybridized carbons (Fsp3) is 0.167. The fourth-order valence-electron chi connectivity index (χ4n) is 2.61. The Morgan fingerprint density at radius 2 is 1.96 bits per heavy atom. The minimum atomic E-state index is -0.492. The van der Waals surface area contributed by atoms with E-state index in [0.29, 0.717) is 16.3 Å². The molecule has 7 heteroatoms. The van der Waals surface area contributed by atoms with Gasteiger partial charge in [-0.25, -0.2) is 9.49 Å². The maximum absolute atomic E-state index is 13.8. The number of benzene rings is 2. The van der Waals surface area contributed by atoms with Crippen LogP contribution in [0.5, 0.6) is 5.75 Å². The molecule has 0 saturated carbocycles. The van der Waals surface area contributed by atoms with Crippen LogP contribution in [0.3, 0.4) is 0 Å². The van der Waals surface area contributed by atoms with E-state index in [1.165, 1.54) is 24.1 Å². The van der Waals surface area contributed by atoms with Gasteiger partial charge in [-0.2, -0.15) is 5.10 Å². The molecule has 1 amide bonds. The van der Waals surface area contributed by atoms with E-state index in [-0.39, 0.29) is 29.5 Å². The summed E-state index contributed by atoms with van der Waals surface area (Å²) in [5, 5.41) is 7.10. The molecule has 0 radical (unpaired) electrons. The zero-order valence-corrected chi connectivity index (χ0v) is 13.7. The monoisotopic (exact) mass is 341 g/mol. The van der Waals surface area contributed by atoms with Crippen molar-refractivity contribution < 1.29 is 13.9 Å².